The van der Waals surface area contributed by atoms with E-state index in [0.29, 0.717) is 29.3 Å². The highest BCUT2D eigenvalue weighted by Gasteiger charge is 2.43. The Balaban J connectivity index is 1.84. The van der Waals surface area contributed by atoms with Gasteiger partial charge < -0.3 is 4.74 Å². The fraction of sp³-hybridized carbons (Fsp3) is 0.148. The van der Waals surface area contributed by atoms with Crippen LogP contribution in [0.5, 0.6) is 5.75 Å². The number of urea groups is 1. The molecule has 4 rings (SSSR count). The lowest BCUT2D eigenvalue weighted by Crippen LogP contribution is -2.57. The molecule has 4 amide bonds. The largest absolute Gasteiger partial charge is 0.493 e. The van der Waals surface area contributed by atoms with Crippen molar-refractivity contribution in [2.24, 2.45) is 0 Å². The zero-order valence-corrected chi connectivity index (χ0v) is 20.2. The van der Waals surface area contributed by atoms with E-state index in [1.54, 1.807) is 72.8 Å². The predicted molar refractivity (Wildman–Crippen MR) is 136 cm³/mol. The van der Waals surface area contributed by atoms with Crippen molar-refractivity contribution in [2.75, 3.05) is 16.4 Å². The number of amides is 4. The molecule has 0 spiro atoms. The van der Waals surface area contributed by atoms with Gasteiger partial charge in [-0.2, -0.15) is 0 Å². The Morgan fingerprint density at radius 3 is 1.91 bits per heavy atom. The normalized spacial score (nSPS) is 13.9. The second-order valence-corrected chi connectivity index (χ2v) is 8.59. The van der Waals surface area contributed by atoms with Gasteiger partial charge in [0, 0.05) is 10.0 Å². The third-order valence-corrected chi connectivity index (χ3v) is 5.80. The van der Waals surface area contributed by atoms with Crippen LogP contribution in [0.15, 0.2) is 88.9 Å². The molecule has 3 aromatic carbocycles. The van der Waals surface area contributed by atoms with Crippen molar-refractivity contribution in [1.29, 1.82) is 0 Å². The van der Waals surface area contributed by atoms with E-state index in [1.807, 2.05) is 6.07 Å². The van der Waals surface area contributed by atoms with Crippen LogP contribution in [0.2, 0.25) is 0 Å². The van der Waals surface area contributed by atoms with Crippen LogP contribution in [0.1, 0.15) is 25.3 Å². The first kappa shape index (κ1) is 23.4. The monoisotopic (exact) mass is 518 g/mol. The van der Waals surface area contributed by atoms with Gasteiger partial charge in [-0.15, -0.1) is 0 Å². The van der Waals surface area contributed by atoms with Crippen LogP contribution in [0.3, 0.4) is 0 Å². The van der Waals surface area contributed by atoms with Gasteiger partial charge in [0.2, 0.25) is 0 Å². The van der Waals surface area contributed by atoms with Gasteiger partial charge in [0.1, 0.15) is 11.3 Å². The fourth-order valence-electron chi connectivity index (χ4n) is 3.58. The van der Waals surface area contributed by atoms with E-state index in [0.717, 1.165) is 27.1 Å². The van der Waals surface area contributed by atoms with E-state index >= 15 is 0 Å². The van der Waals surface area contributed by atoms with Crippen molar-refractivity contribution in [3.8, 4) is 5.75 Å². The molecular formula is C27H23BrN2O4. The molecule has 0 aliphatic carbocycles. The molecule has 6 nitrogen and oxygen atoms in total. The molecule has 1 heterocycles. The Kier molecular flexibility index (Phi) is 7.23. The maximum Gasteiger partial charge on any atom is 0.343 e. The maximum absolute atomic E-state index is 13.5. The Morgan fingerprint density at radius 1 is 0.824 bits per heavy atom. The van der Waals surface area contributed by atoms with Gasteiger partial charge in [-0.3, -0.25) is 9.59 Å². The second-order valence-electron chi connectivity index (χ2n) is 7.68. The minimum Gasteiger partial charge on any atom is -0.493 e. The molecule has 1 fully saturated rings. The lowest BCUT2D eigenvalue weighted by molar-refractivity contribution is -0.121. The number of halogens is 1. The SMILES string of the molecule is CCCCOc1ccc(Br)cc1C=C1C(=O)N(c2ccccc2)C(=O)N(c2ccccc2)C1=O. The topological polar surface area (TPSA) is 66.9 Å². The zero-order valence-electron chi connectivity index (χ0n) is 18.6. The molecule has 0 saturated carbocycles. The summed E-state index contributed by atoms with van der Waals surface area (Å²) in [6.45, 7) is 2.58. The molecule has 0 bridgehead atoms. The van der Waals surface area contributed by atoms with Crippen molar-refractivity contribution in [1.82, 2.24) is 0 Å². The molecule has 1 aliphatic rings. The number of carbonyl (C=O) groups excluding carboxylic acids is 3. The number of unbranched alkanes of at least 4 members (excludes halogenated alkanes) is 1. The Labute approximate surface area is 206 Å². The van der Waals surface area contributed by atoms with Crippen molar-refractivity contribution in [3.05, 3.63) is 94.5 Å². The van der Waals surface area contributed by atoms with Gasteiger partial charge in [0.25, 0.3) is 11.8 Å². The number of barbiturate groups is 1. The molecule has 0 atom stereocenters. The molecule has 172 valence electrons. The van der Waals surface area contributed by atoms with E-state index in [9.17, 15) is 14.4 Å². The summed E-state index contributed by atoms with van der Waals surface area (Å²) < 4.78 is 6.68. The molecular weight excluding hydrogens is 496 g/mol. The average molecular weight is 519 g/mol. The molecule has 1 saturated heterocycles. The Hall–Kier alpha value is -3.71. The molecule has 0 N–H and O–H groups in total. The van der Waals surface area contributed by atoms with Gasteiger partial charge in [-0.05, 0) is 55.0 Å². The predicted octanol–water partition coefficient (Wildman–Crippen LogP) is 6.21. The lowest BCUT2D eigenvalue weighted by Gasteiger charge is -2.34. The van der Waals surface area contributed by atoms with Gasteiger partial charge in [0.15, 0.2) is 0 Å². The van der Waals surface area contributed by atoms with Crippen LogP contribution in [-0.2, 0) is 9.59 Å². The molecule has 1 aliphatic heterocycles. The molecule has 34 heavy (non-hydrogen) atoms. The number of nitrogens with zero attached hydrogens (tertiary/aromatic N) is 2. The number of hydrogen-bond donors (Lipinski definition) is 0. The number of anilines is 2. The maximum atomic E-state index is 13.5. The minimum atomic E-state index is -0.724. The first-order chi connectivity index (χ1) is 16.5. The van der Waals surface area contributed by atoms with Crippen LogP contribution in [0.4, 0.5) is 16.2 Å². The van der Waals surface area contributed by atoms with Crippen LogP contribution in [0, 0.1) is 0 Å². The number of carbonyl (C=O) groups is 3. The Morgan fingerprint density at radius 2 is 1.38 bits per heavy atom. The van der Waals surface area contributed by atoms with Crippen LogP contribution < -0.4 is 14.5 Å². The number of para-hydroxylation sites is 2. The second kappa shape index (κ2) is 10.5. The number of rotatable bonds is 7. The standard InChI is InChI=1S/C27H23BrN2O4/c1-2-3-16-34-24-15-14-20(28)17-19(24)18-23-25(31)29(21-10-6-4-7-11-21)27(33)30(26(23)32)22-12-8-5-9-13-22/h4-15,17-18H,2-3,16H2,1H3. The lowest BCUT2D eigenvalue weighted by atomic mass is 10.0. The van der Waals surface area contributed by atoms with Crippen LogP contribution in [-0.4, -0.2) is 24.5 Å². The zero-order chi connectivity index (χ0) is 24.1. The first-order valence-corrected chi connectivity index (χ1v) is 11.8. The number of ether oxygens (including phenoxy) is 1. The Bertz CT molecular complexity index is 1180. The van der Waals surface area contributed by atoms with E-state index in [4.69, 9.17) is 4.74 Å². The van der Waals surface area contributed by atoms with Crippen molar-refractivity contribution in [3.63, 3.8) is 0 Å². The van der Waals surface area contributed by atoms with Gasteiger partial charge >= 0.3 is 6.03 Å². The first-order valence-electron chi connectivity index (χ1n) is 11.0. The quantitative estimate of drug-likeness (QED) is 0.212. The van der Waals surface area contributed by atoms with E-state index in [1.165, 1.54) is 6.08 Å². The summed E-state index contributed by atoms with van der Waals surface area (Å²) in [6, 6.07) is 21.8. The van der Waals surface area contributed by atoms with E-state index in [2.05, 4.69) is 22.9 Å². The van der Waals surface area contributed by atoms with Gasteiger partial charge in [-0.25, -0.2) is 14.6 Å². The third-order valence-electron chi connectivity index (χ3n) is 5.31. The smallest absolute Gasteiger partial charge is 0.343 e. The molecule has 3 aromatic rings. The van der Waals surface area contributed by atoms with Crippen LogP contribution in [0.25, 0.3) is 6.08 Å². The summed E-state index contributed by atoms with van der Waals surface area (Å²) >= 11 is 3.45. The van der Waals surface area contributed by atoms with E-state index < -0.39 is 17.8 Å². The van der Waals surface area contributed by atoms with Gasteiger partial charge in [0.05, 0.1) is 18.0 Å². The van der Waals surface area contributed by atoms with Crippen LogP contribution >= 0.6 is 15.9 Å². The summed E-state index contributed by atoms with van der Waals surface area (Å²) in [5.41, 5.74) is 1.19. The van der Waals surface area contributed by atoms with E-state index in [-0.39, 0.29) is 5.57 Å². The highest BCUT2D eigenvalue weighted by molar-refractivity contribution is 9.10. The van der Waals surface area contributed by atoms with Crippen molar-refractivity contribution < 1.29 is 19.1 Å². The summed E-state index contributed by atoms with van der Waals surface area (Å²) in [7, 11) is 0. The van der Waals surface area contributed by atoms with Crippen molar-refractivity contribution in [2.45, 2.75) is 19.8 Å². The van der Waals surface area contributed by atoms with Gasteiger partial charge in [-0.1, -0.05) is 65.7 Å². The number of imide groups is 2. The molecule has 7 heteroatoms. The molecule has 0 aromatic heterocycles. The average Bonchev–Trinajstić information content (AvgIpc) is 2.84. The molecule has 0 radical (unpaired) electrons. The summed E-state index contributed by atoms with van der Waals surface area (Å²) in [5.74, 6) is -0.820. The summed E-state index contributed by atoms with van der Waals surface area (Å²) in [4.78, 5) is 42.5. The minimum absolute atomic E-state index is 0.134. The highest BCUT2D eigenvalue weighted by atomic mass is 79.9. The third kappa shape index (κ3) is 4.79. The number of benzene rings is 3. The highest BCUT2D eigenvalue weighted by Crippen LogP contribution is 2.32. The summed E-state index contributed by atoms with van der Waals surface area (Å²) in [5, 5.41) is 0. The fourth-order valence-corrected chi connectivity index (χ4v) is 3.96. The summed E-state index contributed by atoms with van der Waals surface area (Å²) in [6.07, 6.45) is 3.35. The van der Waals surface area contributed by atoms with Crippen molar-refractivity contribution >= 4 is 51.2 Å². The number of hydrogen-bond acceptors (Lipinski definition) is 4. The molecule has 0 unspecified atom stereocenters.